The molecule has 2 aromatic carbocycles. The predicted octanol–water partition coefficient (Wildman–Crippen LogP) is 3.01. The van der Waals surface area contributed by atoms with Gasteiger partial charge in [0.25, 0.3) is 0 Å². The molecule has 0 aliphatic carbocycles. The standard InChI is InChI=1S/C16H15NO3/c1-2-4-13(5-3-1)12-20-17-11-14-6-7-15-16(10-14)19-9-8-18-15/h1-7,10-11H,8-9,12H2. The van der Waals surface area contributed by atoms with Gasteiger partial charge in [-0.1, -0.05) is 35.5 Å². The van der Waals surface area contributed by atoms with E-state index in [-0.39, 0.29) is 0 Å². The second-order valence-electron chi connectivity index (χ2n) is 4.40. The lowest BCUT2D eigenvalue weighted by Gasteiger charge is -2.18. The van der Waals surface area contributed by atoms with Crippen LogP contribution in [0.2, 0.25) is 0 Å². The Bertz CT molecular complexity index is 596. The van der Waals surface area contributed by atoms with Gasteiger partial charge in [-0.15, -0.1) is 0 Å². The number of hydrogen-bond donors (Lipinski definition) is 0. The van der Waals surface area contributed by atoms with Crippen LogP contribution in [0.25, 0.3) is 0 Å². The lowest BCUT2D eigenvalue weighted by molar-refractivity contribution is 0.132. The van der Waals surface area contributed by atoms with E-state index in [1.807, 2.05) is 48.5 Å². The first-order chi connectivity index (χ1) is 9.92. The van der Waals surface area contributed by atoms with Crippen LogP contribution >= 0.6 is 0 Å². The Labute approximate surface area is 117 Å². The molecule has 4 nitrogen and oxygen atoms in total. The minimum absolute atomic E-state index is 0.460. The highest BCUT2D eigenvalue weighted by Gasteiger charge is 2.10. The molecule has 0 radical (unpaired) electrons. The Kier molecular flexibility index (Phi) is 3.83. The molecule has 1 aliphatic rings. The Morgan fingerprint density at radius 2 is 1.80 bits per heavy atom. The molecule has 1 aliphatic heterocycles. The largest absolute Gasteiger partial charge is 0.486 e. The molecule has 0 N–H and O–H groups in total. The molecule has 4 heteroatoms. The zero-order valence-corrected chi connectivity index (χ0v) is 11.0. The van der Waals surface area contributed by atoms with Crippen LogP contribution in [0.1, 0.15) is 11.1 Å². The van der Waals surface area contributed by atoms with Gasteiger partial charge in [0.05, 0.1) is 6.21 Å². The van der Waals surface area contributed by atoms with Gasteiger partial charge in [0.15, 0.2) is 11.5 Å². The lowest BCUT2D eigenvalue weighted by Crippen LogP contribution is -2.15. The van der Waals surface area contributed by atoms with Crippen molar-refractivity contribution in [1.29, 1.82) is 0 Å². The molecule has 0 saturated carbocycles. The summed E-state index contributed by atoms with van der Waals surface area (Å²) in [4.78, 5) is 5.27. The second kappa shape index (κ2) is 6.10. The van der Waals surface area contributed by atoms with E-state index < -0.39 is 0 Å². The number of fused-ring (bicyclic) bond motifs is 1. The maximum atomic E-state index is 5.51. The van der Waals surface area contributed by atoms with Gasteiger partial charge in [0.1, 0.15) is 19.8 Å². The molecule has 0 aromatic heterocycles. The molecule has 0 saturated heterocycles. The van der Waals surface area contributed by atoms with Crippen molar-refractivity contribution in [2.75, 3.05) is 13.2 Å². The SMILES string of the molecule is C(=NOCc1ccccc1)c1ccc2c(c1)OCCO2. The molecule has 1 heterocycles. The summed E-state index contributed by atoms with van der Waals surface area (Å²) >= 11 is 0. The van der Waals surface area contributed by atoms with Gasteiger partial charge in [-0.2, -0.15) is 0 Å². The topological polar surface area (TPSA) is 40.0 Å². The van der Waals surface area contributed by atoms with Crippen molar-refractivity contribution in [1.82, 2.24) is 0 Å². The second-order valence-corrected chi connectivity index (χ2v) is 4.40. The van der Waals surface area contributed by atoms with Crippen molar-refractivity contribution in [2.24, 2.45) is 5.16 Å². The normalized spacial score (nSPS) is 13.4. The summed E-state index contributed by atoms with van der Waals surface area (Å²) in [5.41, 5.74) is 2.01. The molecule has 3 rings (SSSR count). The van der Waals surface area contributed by atoms with Gasteiger partial charge in [-0.05, 0) is 23.8 Å². The Hall–Kier alpha value is -2.49. The Balaban J connectivity index is 1.59. The molecule has 20 heavy (non-hydrogen) atoms. The molecular weight excluding hydrogens is 254 g/mol. The van der Waals surface area contributed by atoms with Gasteiger partial charge in [0.2, 0.25) is 0 Å². The fraction of sp³-hybridized carbons (Fsp3) is 0.188. The maximum Gasteiger partial charge on any atom is 0.162 e. The first-order valence-electron chi connectivity index (χ1n) is 6.51. The minimum Gasteiger partial charge on any atom is -0.486 e. The number of ether oxygens (including phenoxy) is 2. The van der Waals surface area contributed by atoms with Crippen molar-refractivity contribution in [3.05, 3.63) is 59.7 Å². The smallest absolute Gasteiger partial charge is 0.162 e. The summed E-state index contributed by atoms with van der Waals surface area (Å²) < 4.78 is 11.0. The molecule has 0 unspecified atom stereocenters. The van der Waals surface area contributed by atoms with Crippen LogP contribution < -0.4 is 9.47 Å². The first kappa shape index (κ1) is 12.5. The van der Waals surface area contributed by atoms with E-state index in [0.29, 0.717) is 19.8 Å². The van der Waals surface area contributed by atoms with Gasteiger partial charge in [0, 0.05) is 5.56 Å². The summed E-state index contributed by atoms with van der Waals surface area (Å²) in [5, 5.41) is 3.96. The molecule has 2 aromatic rings. The number of hydrogen-bond acceptors (Lipinski definition) is 4. The van der Waals surface area contributed by atoms with Gasteiger partial charge < -0.3 is 14.3 Å². The Morgan fingerprint density at radius 1 is 1.00 bits per heavy atom. The van der Waals surface area contributed by atoms with Crippen molar-refractivity contribution < 1.29 is 14.3 Å². The highest BCUT2D eigenvalue weighted by molar-refractivity contribution is 5.80. The molecule has 0 spiro atoms. The lowest BCUT2D eigenvalue weighted by atomic mass is 10.2. The quantitative estimate of drug-likeness (QED) is 0.632. The van der Waals surface area contributed by atoms with Crippen molar-refractivity contribution in [3.63, 3.8) is 0 Å². The van der Waals surface area contributed by atoms with E-state index in [2.05, 4.69) is 5.16 Å². The Morgan fingerprint density at radius 3 is 2.65 bits per heavy atom. The van der Waals surface area contributed by atoms with E-state index in [9.17, 15) is 0 Å². The van der Waals surface area contributed by atoms with E-state index in [1.54, 1.807) is 6.21 Å². The van der Waals surface area contributed by atoms with E-state index in [1.165, 1.54) is 0 Å². The number of oxime groups is 1. The molecule has 0 atom stereocenters. The summed E-state index contributed by atoms with van der Waals surface area (Å²) in [6.07, 6.45) is 1.67. The van der Waals surface area contributed by atoms with Crippen LogP contribution in [0.15, 0.2) is 53.7 Å². The van der Waals surface area contributed by atoms with Gasteiger partial charge >= 0.3 is 0 Å². The van der Waals surface area contributed by atoms with Crippen molar-refractivity contribution >= 4 is 6.21 Å². The predicted molar refractivity (Wildman–Crippen MR) is 76.3 cm³/mol. The number of rotatable bonds is 4. The third kappa shape index (κ3) is 3.09. The highest BCUT2D eigenvalue weighted by Crippen LogP contribution is 2.30. The van der Waals surface area contributed by atoms with Crippen LogP contribution in [-0.4, -0.2) is 19.4 Å². The molecule has 0 amide bonds. The van der Waals surface area contributed by atoms with Crippen LogP contribution in [0.4, 0.5) is 0 Å². The number of nitrogens with zero attached hydrogens (tertiary/aromatic N) is 1. The average Bonchev–Trinajstić information content (AvgIpc) is 2.52. The average molecular weight is 269 g/mol. The maximum absolute atomic E-state index is 5.51. The molecule has 102 valence electrons. The van der Waals surface area contributed by atoms with Crippen LogP contribution in [0.3, 0.4) is 0 Å². The van der Waals surface area contributed by atoms with Crippen LogP contribution in [-0.2, 0) is 11.4 Å². The van der Waals surface area contributed by atoms with Crippen molar-refractivity contribution in [3.8, 4) is 11.5 Å². The minimum atomic E-state index is 0.460. The van der Waals surface area contributed by atoms with E-state index in [4.69, 9.17) is 14.3 Å². The number of benzene rings is 2. The fourth-order valence-electron chi connectivity index (χ4n) is 1.92. The third-order valence-corrected chi connectivity index (χ3v) is 2.92. The van der Waals surface area contributed by atoms with E-state index >= 15 is 0 Å². The van der Waals surface area contributed by atoms with Crippen LogP contribution in [0, 0.1) is 0 Å². The zero-order chi connectivity index (χ0) is 13.6. The molecule has 0 fully saturated rings. The first-order valence-corrected chi connectivity index (χ1v) is 6.51. The molecular formula is C16H15NO3. The van der Waals surface area contributed by atoms with Crippen molar-refractivity contribution in [2.45, 2.75) is 6.61 Å². The van der Waals surface area contributed by atoms with Gasteiger partial charge in [-0.25, -0.2) is 0 Å². The summed E-state index contributed by atoms with van der Waals surface area (Å²) in [5.74, 6) is 1.53. The van der Waals surface area contributed by atoms with Gasteiger partial charge in [-0.3, -0.25) is 0 Å². The summed E-state index contributed by atoms with van der Waals surface area (Å²) in [7, 11) is 0. The van der Waals surface area contributed by atoms with E-state index in [0.717, 1.165) is 22.6 Å². The third-order valence-electron chi connectivity index (χ3n) is 2.92. The summed E-state index contributed by atoms with van der Waals surface area (Å²) in [6.45, 7) is 1.64. The zero-order valence-electron chi connectivity index (χ0n) is 11.0. The summed E-state index contributed by atoms with van der Waals surface area (Å²) in [6, 6.07) is 15.6. The van der Waals surface area contributed by atoms with Crippen LogP contribution in [0.5, 0.6) is 11.5 Å². The molecule has 0 bridgehead atoms. The highest BCUT2D eigenvalue weighted by atomic mass is 16.6. The fourth-order valence-corrected chi connectivity index (χ4v) is 1.92. The monoisotopic (exact) mass is 269 g/mol.